The largest absolute Gasteiger partial charge is 0.507 e. The molecule has 38 heavy (non-hydrogen) atoms. The Morgan fingerprint density at radius 1 is 1.16 bits per heavy atom. The highest BCUT2D eigenvalue weighted by atomic mass is 35.5. The molecule has 1 saturated heterocycles. The molecule has 0 unspecified atom stereocenters. The van der Waals surface area contributed by atoms with Gasteiger partial charge in [-0.1, -0.05) is 48.4 Å². The molecule has 0 bridgehead atoms. The third-order valence-corrected chi connectivity index (χ3v) is 7.58. The van der Waals surface area contributed by atoms with E-state index in [-0.39, 0.29) is 21.3 Å². The molecular formula is C28H27ClN2O6S. The highest BCUT2D eigenvalue weighted by Gasteiger charge is 2.48. The minimum atomic E-state index is -0.996. The van der Waals surface area contributed by atoms with E-state index >= 15 is 0 Å². The van der Waals surface area contributed by atoms with E-state index in [0.717, 1.165) is 29.7 Å². The molecule has 1 aromatic heterocycles. The zero-order valence-corrected chi connectivity index (χ0v) is 23.0. The lowest BCUT2D eigenvalue weighted by molar-refractivity contribution is -0.132. The Morgan fingerprint density at radius 2 is 1.87 bits per heavy atom. The van der Waals surface area contributed by atoms with Crippen molar-refractivity contribution in [2.45, 2.75) is 39.7 Å². The van der Waals surface area contributed by atoms with Crippen LogP contribution < -0.4 is 9.64 Å². The number of rotatable bonds is 8. The quantitative estimate of drug-likeness (QED) is 0.119. The van der Waals surface area contributed by atoms with Gasteiger partial charge in [-0.25, -0.2) is 9.78 Å². The Balaban J connectivity index is 1.84. The Kier molecular flexibility index (Phi) is 8.18. The molecule has 10 heteroatoms. The number of carbonyl (C=O) groups excluding carboxylic acids is 3. The van der Waals surface area contributed by atoms with Gasteiger partial charge in [-0.05, 0) is 61.7 Å². The predicted molar refractivity (Wildman–Crippen MR) is 146 cm³/mol. The molecule has 0 aliphatic carbocycles. The van der Waals surface area contributed by atoms with Crippen LogP contribution in [0.1, 0.15) is 57.9 Å². The lowest BCUT2D eigenvalue weighted by Gasteiger charge is -2.23. The van der Waals surface area contributed by atoms with Crippen LogP contribution in [0.25, 0.3) is 5.76 Å². The summed E-state index contributed by atoms with van der Waals surface area (Å²) in [6, 6.07) is 10.7. The van der Waals surface area contributed by atoms with Crippen LogP contribution in [0.3, 0.4) is 0 Å². The molecule has 2 aromatic carbocycles. The number of benzene rings is 2. The fourth-order valence-electron chi connectivity index (χ4n) is 4.20. The Hall–Kier alpha value is -3.69. The van der Waals surface area contributed by atoms with Gasteiger partial charge in [0.15, 0.2) is 5.13 Å². The molecule has 1 N–H and O–H groups in total. The first-order chi connectivity index (χ1) is 18.2. The van der Waals surface area contributed by atoms with Crippen LogP contribution in [0.5, 0.6) is 5.75 Å². The van der Waals surface area contributed by atoms with Gasteiger partial charge in [0.1, 0.15) is 16.4 Å². The van der Waals surface area contributed by atoms with Gasteiger partial charge in [-0.15, -0.1) is 0 Å². The van der Waals surface area contributed by atoms with Crippen LogP contribution in [0, 0.1) is 13.8 Å². The second-order valence-electron chi connectivity index (χ2n) is 8.81. The van der Waals surface area contributed by atoms with Crippen molar-refractivity contribution in [3.8, 4) is 5.75 Å². The molecule has 0 spiro atoms. The van der Waals surface area contributed by atoms with Gasteiger partial charge in [-0.3, -0.25) is 14.5 Å². The minimum Gasteiger partial charge on any atom is -0.507 e. The molecule has 1 atom stereocenters. The first kappa shape index (κ1) is 27.3. The number of ketones is 1. The van der Waals surface area contributed by atoms with Crippen molar-refractivity contribution in [2.24, 2.45) is 0 Å². The maximum atomic E-state index is 13.4. The van der Waals surface area contributed by atoms with Crippen LogP contribution in [0.4, 0.5) is 5.13 Å². The summed E-state index contributed by atoms with van der Waals surface area (Å²) in [5.74, 6) is -1.97. The predicted octanol–water partition coefficient (Wildman–Crippen LogP) is 6.01. The summed E-state index contributed by atoms with van der Waals surface area (Å²) in [6.45, 7) is 6.12. The number of anilines is 1. The molecule has 1 aliphatic heterocycles. The number of aryl methyl sites for hydroxylation is 2. The fourth-order valence-corrected chi connectivity index (χ4v) is 5.34. The highest BCUT2D eigenvalue weighted by Crippen LogP contribution is 2.44. The van der Waals surface area contributed by atoms with Crippen LogP contribution in [0.15, 0.2) is 48.0 Å². The topological polar surface area (TPSA) is 106 Å². The summed E-state index contributed by atoms with van der Waals surface area (Å²) >= 11 is 7.03. The van der Waals surface area contributed by atoms with Crippen LogP contribution in [0.2, 0.25) is 5.02 Å². The SMILES string of the molecule is CCCCOc1ccc(C(O)=C2C(=O)C(=O)N(c3nc(C)c(C(=O)OC)s3)[C@@H]2c2ccc(Cl)cc2)cc1C. The van der Waals surface area contributed by atoms with Crippen molar-refractivity contribution in [3.05, 3.63) is 80.3 Å². The number of aromatic nitrogens is 1. The highest BCUT2D eigenvalue weighted by molar-refractivity contribution is 7.17. The summed E-state index contributed by atoms with van der Waals surface area (Å²) in [5.41, 5.74) is 1.96. The first-order valence-corrected chi connectivity index (χ1v) is 13.2. The molecule has 198 valence electrons. The number of methoxy groups -OCH3 is 1. The molecule has 0 radical (unpaired) electrons. The third kappa shape index (κ3) is 5.16. The van der Waals surface area contributed by atoms with Crippen LogP contribution >= 0.6 is 22.9 Å². The lowest BCUT2D eigenvalue weighted by Crippen LogP contribution is -2.29. The minimum absolute atomic E-state index is 0.0937. The number of halogens is 1. The van der Waals surface area contributed by atoms with Crippen LogP contribution in [-0.4, -0.2) is 41.5 Å². The summed E-state index contributed by atoms with van der Waals surface area (Å²) in [5, 5.41) is 12.0. The monoisotopic (exact) mass is 554 g/mol. The lowest BCUT2D eigenvalue weighted by atomic mass is 9.95. The summed E-state index contributed by atoms with van der Waals surface area (Å²) in [6.07, 6.45) is 1.92. The molecule has 1 aliphatic rings. The summed E-state index contributed by atoms with van der Waals surface area (Å²) in [7, 11) is 1.25. The number of aliphatic hydroxyl groups is 1. The fraction of sp³-hybridized carbons (Fsp3) is 0.286. The average Bonchev–Trinajstić information content (AvgIpc) is 3.41. The van der Waals surface area contributed by atoms with Crippen molar-refractivity contribution < 1.29 is 29.0 Å². The number of thiazole rings is 1. The second kappa shape index (κ2) is 11.4. The van der Waals surface area contributed by atoms with E-state index in [2.05, 4.69) is 11.9 Å². The van der Waals surface area contributed by atoms with Gasteiger partial charge < -0.3 is 14.6 Å². The van der Waals surface area contributed by atoms with Gasteiger partial charge in [0.25, 0.3) is 5.78 Å². The van der Waals surface area contributed by atoms with Gasteiger partial charge in [-0.2, -0.15) is 0 Å². The number of esters is 1. The van der Waals surface area contributed by atoms with E-state index in [1.807, 2.05) is 6.92 Å². The molecule has 4 rings (SSSR count). The molecule has 0 saturated carbocycles. The zero-order valence-electron chi connectivity index (χ0n) is 21.4. The van der Waals surface area contributed by atoms with Gasteiger partial charge >= 0.3 is 11.9 Å². The van der Waals surface area contributed by atoms with Crippen LogP contribution in [-0.2, 0) is 14.3 Å². The van der Waals surface area contributed by atoms with Crippen molar-refractivity contribution in [2.75, 3.05) is 18.6 Å². The number of amides is 1. The molecule has 8 nitrogen and oxygen atoms in total. The number of ether oxygens (including phenoxy) is 2. The van der Waals surface area contributed by atoms with E-state index in [0.29, 0.717) is 34.2 Å². The first-order valence-electron chi connectivity index (χ1n) is 12.0. The number of carbonyl (C=O) groups is 3. The summed E-state index contributed by atoms with van der Waals surface area (Å²) in [4.78, 5) is 44.8. The van der Waals surface area contributed by atoms with E-state index in [1.165, 1.54) is 12.0 Å². The van der Waals surface area contributed by atoms with E-state index in [1.54, 1.807) is 49.4 Å². The standard InChI is InChI=1S/C28H27ClN2O6S/c1-5-6-13-37-20-12-9-18(14-15(20)2)23(32)21-22(17-7-10-19(29)11-8-17)31(26(34)24(21)33)28-30-16(3)25(38-28)27(35)36-4/h7-12,14,22,32H,5-6,13H2,1-4H3/t22-/m1/s1. The van der Waals surface area contributed by atoms with Crippen molar-refractivity contribution in [3.63, 3.8) is 0 Å². The third-order valence-electron chi connectivity index (χ3n) is 6.20. The van der Waals surface area contributed by atoms with Gasteiger partial charge in [0.05, 0.1) is 31.0 Å². The average molecular weight is 555 g/mol. The van der Waals surface area contributed by atoms with Crippen molar-refractivity contribution in [1.29, 1.82) is 0 Å². The molecule has 1 amide bonds. The number of Topliss-reactive ketones (excluding diaryl/α,β-unsaturated/α-hetero) is 1. The van der Waals surface area contributed by atoms with E-state index in [9.17, 15) is 19.5 Å². The Bertz CT molecular complexity index is 1430. The second-order valence-corrected chi connectivity index (χ2v) is 10.2. The number of hydrogen-bond acceptors (Lipinski definition) is 8. The molecular weight excluding hydrogens is 528 g/mol. The smallest absolute Gasteiger partial charge is 0.350 e. The zero-order chi connectivity index (χ0) is 27.6. The number of aliphatic hydroxyl groups excluding tert-OH is 1. The van der Waals surface area contributed by atoms with Gasteiger partial charge in [0, 0.05) is 10.6 Å². The molecule has 2 heterocycles. The summed E-state index contributed by atoms with van der Waals surface area (Å²) < 4.78 is 10.6. The maximum Gasteiger partial charge on any atom is 0.350 e. The number of hydrogen-bond donors (Lipinski definition) is 1. The Labute approximate surface area is 229 Å². The van der Waals surface area contributed by atoms with Crippen molar-refractivity contribution >= 4 is 51.5 Å². The maximum absolute atomic E-state index is 13.4. The van der Waals surface area contributed by atoms with Gasteiger partial charge in [0.2, 0.25) is 0 Å². The number of nitrogens with zero attached hydrogens (tertiary/aromatic N) is 2. The Morgan fingerprint density at radius 3 is 2.50 bits per heavy atom. The molecule has 1 fully saturated rings. The molecule has 3 aromatic rings. The van der Waals surface area contributed by atoms with E-state index in [4.69, 9.17) is 21.1 Å². The normalized spacial score (nSPS) is 16.7. The van der Waals surface area contributed by atoms with E-state index < -0.39 is 23.7 Å². The van der Waals surface area contributed by atoms with Crippen molar-refractivity contribution in [1.82, 2.24) is 4.98 Å². The number of unbranched alkanes of at least 4 members (excludes halogenated alkanes) is 1.